The van der Waals surface area contributed by atoms with E-state index < -0.39 is 0 Å². The molecule has 0 radical (unpaired) electrons. The number of carbonyl (C=O) groups is 1. The Morgan fingerprint density at radius 1 is 1.50 bits per heavy atom. The molecule has 3 nitrogen and oxygen atoms in total. The van der Waals surface area contributed by atoms with Crippen molar-refractivity contribution in [3.05, 3.63) is 18.2 Å². The molecule has 0 aromatic carbocycles. The number of hydrogen-bond donors (Lipinski definition) is 0. The van der Waals surface area contributed by atoms with E-state index in [9.17, 15) is 4.79 Å². The SMILES string of the molecule is CCC1CCCCC1C(=O)c1cn(C)cn1. The molecule has 1 aromatic heterocycles. The summed E-state index contributed by atoms with van der Waals surface area (Å²) < 4.78 is 1.84. The summed E-state index contributed by atoms with van der Waals surface area (Å²) in [4.78, 5) is 16.5. The summed E-state index contributed by atoms with van der Waals surface area (Å²) in [6.07, 6.45) is 9.39. The quantitative estimate of drug-likeness (QED) is 0.734. The Kier molecular flexibility index (Phi) is 3.42. The Balaban J connectivity index is 2.13. The van der Waals surface area contributed by atoms with Crippen molar-refractivity contribution in [2.24, 2.45) is 18.9 Å². The standard InChI is InChI=1S/C13H20N2O/c1-3-10-6-4-5-7-11(10)13(16)12-8-15(2)9-14-12/h8-11H,3-7H2,1-2H3. The van der Waals surface area contributed by atoms with Gasteiger partial charge in [-0.2, -0.15) is 0 Å². The number of rotatable bonds is 3. The predicted octanol–water partition coefficient (Wildman–Crippen LogP) is 2.82. The molecule has 0 aliphatic heterocycles. The zero-order valence-electron chi connectivity index (χ0n) is 10.1. The summed E-state index contributed by atoms with van der Waals surface area (Å²) in [5.74, 6) is 1.05. The number of aromatic nitrogens is 2. The third-order valence-electron chi connectivity index (χ3n) is 3.73. The third kappa shape index (κ3) is 2.18. The van der Waals surface area contributed by atoms with Crippen molar-refractivity contribution in [3.8, 4) is 0 Å². The minimum Gasteiger partial charge on any atom is -0.340 e. The van der Waals surface area contributed by atoms with Gasteiger partial charge in [0, 0.05) is 19.2 Å². The van der Waals surface area contributed by atoms with E-state index in [-0.39, 0.29) is 11.7 Å². The molecular weight excluding hydrogens is 200 g/mol. The second-order valence-corrected chi connectivity index (χ2v) is 4.85. The van der Waals surface area contributed by atoms with Gasteiger partial charge < -0.3 is 4.57 Å². The lowest BCUT2D eigenvalue weighted by molar-refractivity contribution is 0.0815. The lowest BCUT2D eigenvalue weighted by Crippen LogP contribution is -2.27. The smallest absolute Gasteiger partial charge is 0.186 e. The first-order valence-corrected chi connectivity index (χ1v) is 6.24. The van der Waals surface area contributed by atoms with Gasteiger partial charge in [-0.25, -0.2) is 4.98 Å². The number of hydrogen-bond acceptors (Lipinski definition) is 2. The summed E-state index contributed by atoms with van der Waals surface area (Å²) in [7, 11) is 1.90. The van der Waals surface area contributed by atoms with Crippen molar-refractivity contribution in [2.75, 3.05) is 0 Å². The molecule has 1 heterocycles. The van der Waals surface area contributed by atoms with Crippen LogP contribution in [0.4, 0.5) is 0 Å². The number of nitrogens with zero attached hydrogens (tertiary/aromatic N) is 2. The van der Waals surface area contributed by atoms with Crippen molar-refractivity contribution in [3.63, 3.8) is 0 Å². The van der Waals surface area contributed by atoms with Gasteiger partial charge >= 0.3 is 0 Å². The molecule has 0 bridgehead atoms. The van der Waals surface area contributed by atoms with Crippen LogP contribution in [0.15, 0.2) is 12.5 Å². The molecule has 2 rings (SSSR count). The number of Topliss-reactive ketones (excluding diaryl/α,β-unsaturated/α-hetero) is 1. The van der Waals surface area contributed by atoms with Crippen LogP contribution in [-0.4, -0.2) is 15.3 Å². The Hall–Kier alpha value is -1.12. The zero-order valence-corrected chi connectivity index (χ0v) is 10.1. The highest BCUT2D eigenvalue weighted by atomic mass is 16.1. The van der Waals surface area contributed by atoms with E-state index in [2.05, 4.69) is 11.9 Å². The van der Waals surface area contributed by atoms with Gasteiger partial charge in [0.25, 0.3) is 0 Å². The minimum absolute atomic E-state index is 0.216. The van der Waals surface area contributed by atoms with Gasteiger partial charge in [-0.05, 0) is 18.8 Å². The second-order valence-electron chi connectivity index (χ2n) is 4.85. The lowest BCUT2D eigenvalue weighted by atomic mass is 9.75. The Bertz CT molecular complexity index is 370. The molecule has 1 aromatic rings. The Morgan fingerprint density at radius 3 is 2.88 bits per heavy atom. The van der Waals surface area contributed by atoms with Crippen molar-refractivity contribution in [2.45, 2.75) is 39.0 Å². The van der Waals surface area contributed by atoms with E-state index in [1.54, 1.807) is 6.33 Å². The van der Waals surface area contributed by atoms with Crippen LogP contribution >= 0.6 is 0 Å². The van der Waals surface area contributed by atoms with Gasteiger partial charge in [0.15, 0.2) is 5.78 Å². The highest BCUT2D eigenvalue weighted by molar-refractivity contribution is 5.96. The molecule has 0 N–H and O–H groups in total. The molecule has 1 aliphatic carbocycles. The van der Waals surface area contributed by atoms with Crippen molar-refractivity contribution in [1.29, 1.82) is 0 Å². The topological polar surface area (TPSA) is 34.9 Å². The average molecular weight is 220 g/mol. The number of aryl methyl sites for hydroxylation is 1. The summed E-state index contributed by atoms with van der Waals surface area (Å²) in [6.45, 7) is 2.19. The molecule has 3 heteroatoms. The fourth-order valence-electron chi connectivity index (χ4n) is 2.77. The number of ketones is 1. The fourth-order valence-corrected chi connectivity index (χ4v) is 2.77. The summed E-state index contributed by atoms with van der Waals surface area (Å²) in [5, 5.41) is 0. The normalized spacial score (nSPS) is 25.6. The van der Waals surface area contributed by atoms with Crippen LogP contribution in [0.1, 0.15) is 49.5 Å². The van der Waals surface area contributed by atoms with Crippen molar-refractivity contribution in [1.82, 2.24) is 9.55 Å². The minimum atomic E-state index is 0.216. The van der Waals surface area contributed by atoms with E-state index >= 15 is 0 Å². The van der Waals surface area contributed by atoms with Crippen LogP contribution in [0.5, 0.6) is 0 Å². The molecule has 2 unspecified atom stereocenters. The maximum Gasteiger partial charge on any atom is 0.186 e. The largest absolute Gasteiger partial charge is 0.340 e. The van der Waals surface area contributed by atoms with Crippen molar-refractivity contribution < 1.29 is 4.79 Å². The molecule has 1 aliphatic rings. The maximum atomic E-state index is 12.3. The van der Waals surface area contributed by atoms with E-state index in [0.717, 1.165) is 12.8 Å². The van der Waals surface area contributed by atoms with Crippen LogP contribution in [0, 0.1) is 11.8 Å². The van der Waals surface area contributed by atoms with Crippen LogP contribution in [0.25, 0.3) is 0 Å². The first kappa shape index (κ1) is 11.4. The van der Waals surface area contributed by atoms with Gasteiger partial charge in [-0.1, -0.05) is 26.2 Å². The predicted molar refractivity (Wildman–Crippen MR) is 63.3 cm³/mol. The Morgan fingerprint density at radius 2 is 2.25 bits per heavy atom. The van der Waals surface area contributed by atoms with E-state index in [4.69, 9.17) is 0 Å². The second kappa shape index (κ2) is 4.81. The van der Waals surface area contributed by atoms with E-state index in [1.807, 2.05) is 17.8 Å². The molecular formula is C13H20N2O. The maximum absolute atomic E-state index is 12.3. The summed E-state index contributed by atoms with van der Waals surface area (Å²) in [6, 6.07) is 0. The zero-order chi connectivity index (χ0) is 11.5. The van der Waals surface area contributed by atoms with E-state index in [0.29, 0.717) is 11.6 Å². The average Bonchev–Trinajstić information content (AvgIpc) is 2.75. The van der Waals surface area contributed by atoms with Crippen LogP contribution in [0.3, 0.4) is 0 Å². The van der Waals surface area contributed by atoms with Gasteiger partial charge in [-0.3, -0.25) is 4.79 Å². The van der Waals surface area contributed by atoms with E-state index in [1.165, 1.54) is 19.3 Å². The number of imidazole rings is 1. The highest BCUT2D eigenvalue weighted by Crippen LogP contribution is 2.34. The summed E-state index contributed by atoms with van der Waals surface area (Å²) >= 11 is 0. The molecule has 0 saturated heterocycles. The molecule has 1 saturated carbocycles. The van der Waals surface area contributed by atoms with Crippen LogP contribution < -0.4 is 0 Å². The van der Waals surface area contributed by atoms with Crippen molar-refractivity contribution >= 4 is 5.78 Å². The van der Waals surface area contributed by atoms with Gasteiger partial charge in [-0.15, -0.1) is 0 Å². The first-order chi connectivity index (χ1) is 7.72. The van der Waals surface area contributed by atoms with Gasteiger partial charge in [0.05, 0.1) is 6.33 Å². The monoisotopic (exact) mass is 220 g/mol. The Labute approximate surface area is 96.9 Å². The molecule has 1 fully saturated rings. The van der Waals surface area contributed by atoms with Gasteiger partial charge in [0.2, 0.25) is 0 Å². The highest BCUT2D eigenvalue weighted by Gasteiger charge is 2.31. The summed E-state index contributed by atoms with van der Waals surface area (Å²) in [5.41, 5.74) is 0.646. The van der Waals surface area contributed by atoms with Crippen LogP contribution in [0.2, 0.25) is 0 Å². The first-order valence-electron chi connectivity index (χ1n) is 6.24. The lowest BCUT2D eigenvalue weighted by Gasteiger charge is -2.29. The number of carbonyl (C=O) groups excluding carboxylic acids is 1. The molecule has 0 amide bonds. The molecule has 2 atom stereocenters. The van der Waals surface area contributed by atoms with Gasteiger partial charge in [0.1, 0.15) is 5.69 Å². The fraction of sp³-hybridized carbons (Fsp3) is 0.692. The molecule has 88 valence electrons. The molecule has 16 heavy (non-hydrogen) atoms. The van der Waals surface area contributed by atoms with Crippen LogP contribution in [-0.2, 0) is 7.05 Å². The molecule has 0 spiro atoms. The third-order valence-corrected chi connectivity index (χ3v) is 3.73.